The van der Waals surface area contributed by atoms with E-state index in [2.05, 4.69) is 20.3 Å². The molecule has 7 nitrogen and oxygen atoms in total. The first-order chi connectivity index (χ1) is 8.40. The molecular weight excluding hydrogens is 232 g/mol. The van der Waals surface area contributed by atoms with Crippen molar-refractivity contribution in [2.45, 2.75) is 32.2 Å². The van der Waals surface area contributed by atoms with Crippen molar-refractivity contribution < 1.29 is 5.11 Å². The van der Waals surface area contributed by atoms with Gasteiger partial charge in [0.25, 0.3) is 0 Å². The Balaban J connectivity index is 2.96. The molecular formula is C11H22N6O. The van der Waals surface area contributed by atoms with Crippen LogP contribution < -0.4 is 16.0 Å². The third-order valence-electron chi connectivity index (χ3n) is 2.90. The molecule has 1 unspecified atom stereocenters. The number of anilines is 3. The van der Waals surface area contributed by atoms with Crippen LogP contribution in [-0.2, 0) is 0 Å². The Kier molecular flexibility index (Phi) is 4.66. The summed E-state index contributed by atoms with van der Waals surface area (Å²) in [6, 6.07) is 0. The van der Waals surface area contributed by atoms with E-state index in [4.69, 9.17) is 10.8 Å². The maximum absolute atomic E-state index is 9.08. The van der Waals surface area contributed by atoms with Gasteiger partial charge in [0, 0.05) is 26.2 Å². The zero-order chi connectivity index (χ0) is 13.8. The zero-order valence-corrected chi connectivity index (χ0v) is 11.4. The lowest BCUT2D eigenvalue weighted by Gasteiger charge is -2.29. The highest BCUT2D eigenvalue weighted by Crippen LogP contribution is 2.20. The van der Waals surface area contributed by atoms with Gasteiger partial charge < -0.3 is 21.1 Å². The maximum Gasteiger partial charge on any atom is 0.231 e. The van der Waals surface area contributed by atoms with Crippen LogP contribution in [0.4, 0.5) is 17.8 Å². The van der Waals surface area contributed by atoms with Crippen molar-refractivity contribution in [3.05, 3.63) is 0 Å². The molecule has 0 amide bonds. The van der Waals surface area contributed by atoms with Crippen LogP contribution in [0.1, 0.15) is 26.7 Å². The molecule has 1 heterocycles. The van der Waals surface area contributed by atoms with E-state index in [0.717, 1.165) is 6.42 Å². The van der Waals surface area contributed by atoms with E-state index in [0.29, 0.717) is 18.3 Å². The summed E-state index contributed by atoms with van der Waals surface area (Å²) in [6.07, 6.45) is 1.46. The number of nitrogens with two attached hydrogens (primary N) is 1. The van der Waals surface area contributed by atoms with Gasteiger partial charge in [-0.3, -0.25) is 0 Å². The molecule has 0 spiro atoms. The Labute approximate surface area is 107 Å². The van der Waals surface area contributed by atoms with E-state index in [1.54, 1.807) is 4.90 Å². The highest BCUT2D eigenvalue weighted by atomic mass is 16.3. The van der Waals surface area contributed by atoms with Crippen LogP contribution in [0, 0.1) is 0 Å². The van der Waals surface area contributed by atoms with Gasteiger partial charge in [0.15, 0.2) is 0 Å². The number of aromatic nitrogens is 3. The van der Waals surface area contributed by atoms with Crippen LogP contribution in [0.15, 0.2) is 0 Å². The molecule has 102 valence electrons. The fourth-order valence-electron chi connectivity index (χ4n) is 1.48. The summed E-state index contributed by atoms with van der Waals surface area (Å²) >= 11 is 0. The molecule has 0 aliphatic carbocycles. The Morgan fingerprint density at radius 2 is 2.00 bits per heavy atom. The number of rotatable bonds is 6. The van der Waals surface area contributed by atoms with Crippen molar-refractivity contribution in [3.63, 3.8) is 0 Å². The third-order valence-corrected chi connectivity index (χ3v) is 2.90. The second-order valence-corrected chi connectivity index (χ2v) is 4.72. The highest BCUT2D eigenvalue weighted by Gasteiger charge is 2.22. The molecule has 0 radical (unpaired) electrons. The molecule has 1 aromatic heterocycles. The lowest BCUT2D eigenvalue weighted by Crippen LogP contribution is -2.36. The molecule has 0 aliphatic rings. The van der Waals surface area contributed by atoms with Crippen molar-refractivity contribution in [2.75, 3.05) is 36.7 Å². The van der Waals surface area contributed by atoms with Crippen molar-refractivity contribution in [2.24, 2.45) is 0 Å². The summed E-state index contributed by atoms with van der Waals surface area (Å²) in [5.41, 5.74) is 5.40. The van der Waals surface area contributed by atoms with Gasteiger partial charge in [-0.15, -0.1) is 0 Å². The van der Waals surface area contributed by atoms with Crippen LogP contribution in [0.2, 0.25) is 0 Å². The summed E-state index contributed by atoms with van der Waals surface area (Å²) in [7, 11) is 3.68. The lowest BCUT2D eigenvalue weighted by atomic mass is 9.95. The maximum atomic E-state index is 9.08. The van der Waals surface area contributed by atoms with Crippen LogP contribution in [0.5, 0.6) is 0 Å². The van der Waals surface area contributed by atoms with Gasteiger partial charge in [-0.1, -0.05) is 6.92 Å². The van der Waals surface area contributed by atoms with Gasteiger partial charge in [0.1, 0.15) is 0 Å². The van der Waals surface area contributed by atoms with E-state index in [-0.39, 0.29) is 18.1 Å². The predicted molar refractivity (Wildman–Crippen MR) is 72.6 cm³/mol. The Bertz CT molecular complexity index is 397. The van der Waals surface area contributed by atoms with E-state index in [9.17, 15) is 0 Å². The van der Waals surface area contributed by atoms with Crippen molar-refractivity contribution in [1.82, 2.24) is 15.0 Å². The molecule has 4 N–H and O–H groups in total. The summed E-state index contributed by atoms with van der Waals surface area (Å²) < 4.78 is 0. The first kappa shape index (κ1) is 14.4. The molecule has 0 bridgehead atoms. The first-order valence-corrected chi connectivity index (χ1v) is 5.98. The average molecular weight is 254 g/mol. The van der Waals surface area contributed by atoms with Crippen LogP contribution in [0.3, 0.4) is 0 Å². The van der Waals surface area contributed by atoms with Crippen LogP contribution >= 0.6 is 0 Å². The molecule has 1 rings (SSSR count). The first-order valence-electron chi connectivity index (χ1n) is 5.98. The minimum atomic E-state index is -0.258. The van der Waals surface area contributed by atoms with Crippen LogP contribution in [-0.4, -0.2) is 46.3 Å². The zero-order valence-electron chi connectivity index (χ0n) is 11.4. The van der Waals surface area contributed by atoms with E-state index >= 15 is 0 Å². The second kappa shape index (κ2) is 5.81. The Morgan fingerprint density at radius 1 is 1.33 bits per heavy atom. The summed E-state index contributed by atoms with van der Waals surface area (Å²) in [5, 5.41) is 12.3. The van der Waals surface area contributed by atoms with Gasteiger partial charge in [-0.05, 0) is 19.8 Å². The number of hydrogen-bond donors (Lipinski definition) is 3. The number of hydrogen-bond acceptors (Lipinski definition) is 7. The summed E-state index contributed by atoms with van der Waals surface area (Å²) in [4.78, 5) is 14.1. The second-order valence-electron chi connectivity index (χ2n) is 4.72. The highest BCUT2D eigenvalue weighted by molar-refractivity contribution is 5.42. The fourth-order valence-corrected chi connectivity index (χ4v) is 1.48. The number of aliphatic hydroxyl groups is 1. The minimum Gasteiger partial charge on any atom is -0.396 e. The monoisotopic (exact) mass is 254 g/mol. The summed E-state index contributed by atoms with van der Waals surface area (Å²) in [6.45, 7) is 4.16. The number of nitrogen functional groups attached to an aromatic ring is 1. The molecule has 7 heteroatoms. The fraction of sp³-hybridized carbons (Fsp3) is 0.727. The number of nitrogens with one attached hydrogen (secondary N) is 1. The number of aliphatic hydroxyl groups excluding tert-OH is 1. The molecule has 0 aliphatic heterocycles. The van der Waals surface area contributed by atoms with Crippen molar-refractivity contribution in [3.8, 4) is 0 Å². The SMILES string of the molecule is CCC(C)(CCO)Nc1nc(N)nc(N(C)C)n1. The molecule has 0 saturated heterocycles. The predicted octanol–water partition coefficient (Wildman–Crippen LogP) is 0.483. The molecule has 0 saturated carbocycles. The molecule has 18 heavy (non-hydrogen) atoms. The topological polar surface area (TPSA) is 100 Å². The van der Waals surface area contributed by atoms with Gasteiger partial charge in [0.05, 0.1) is 0 Å². The van der Waals surface area contributed by atoms with Crippen molar-refractivity contribution in [1.29, 1.82) is 0 Å². The average Bonchev–Trinajstić information content (AvgIpc) is 2.28. The van der Waals surface area contributed by atoms with Crippen LogP contribution in [0.25, 0.3) is 0 Å². The largest absolute Gasteiger partial charge is 0.396 e. The smallest absolute Gasteiger partial charge is 0.231 e. The van der Waals surface area contributed by atoms with Gasteiger partial charge in [0.2, 0.25) is 17.8 Å². The van der Waals surface area contributed by atoms with E-state index < -0.39 is 0 Å². The summed E-state index contributed by atoms with van der Waals surface area (Å²) in [5.74, 6) is 1.12. The Hall–Kier alpha value is -1.63. The minimum absolute atomic E-state index is 0.110. The van der Waals surface area contributed by atoms with Gasteiger partial charge in [-0.25, -0.2) is 0 Å². The number of nitrogens with zero attached hydrogens (tertiary/aromatic N) is 4. The van der Waals surface area contributed by atoms with Gasteiger partial charge >= 0.3 is 0 Å². The van der Waals surface area contributed by atoms with E-state index in [1.165, 1.54) is 0 Å². The quantitative estimate of drug-likeness (QED) is 0.679. The lowest BCUT2D eigenvalue weighted by molar-refractivity contribution is 0.251. The molecule has 0 aromatic carbocycles. The third kappa shape index (κ3) is 3.69. The standard InChI is InChI=1S/C11H22N6O/c1-5-11(2,6-7-18)16-9-13-8(12)14-10(15-9)17(3)4/h18H,5-7H2,1-4H3,(H3,12,13,14,15,16). The normalized spacial score (nSPS) is 14.1. The Morgan fingerprint density at radius 3 is 2.50 bits per heavy atom. The molecule has 1 aromatic rings. The van der Waals surface area contributed by atoms with E-state index in [1.807, 2.05) is 27.9 Å². The molecule has 0 fully saturated rings. The molecule has 1 atom stereocenters. The van der Waals surface area contributed by atoms with Gasteiger partial charge in [-0.2, -0.15) is 15.0 Å². The van der Waals surface area contributed by atoms with Crippen molar-refractivity contribution >= 4 is 17.8 Å².